The molecule has 6 heteroatoms. The monoisotopic (exact) mass is 379 g/mol. The van der Waals surface area contributed by atoms with E-state index in [4.69, 9.17) is 9.72 Å². The molecule has 4 rings (SSSR count). The second-order valence-corrected chi connectivity index (χ2v) is 7.68. The molecule has 0 saturated carbocycles. The molecule has 0 fully saturated rings. The van der Waals surface area contributed by atoms with Crippen LogP contribution in [0.4, 0.5) is 10.5 Å². The number of methoxy groups -OCH3 is 1. The molecule has 1 aromatic heterocycles. The molecule has 1 aliphatic rings. The third kappa shape index (κ3) is 3.80. The van der Waals surface area contributed by atoms with E-state index in [0.29, 0.717) is 13.1 Å². The van der Waals surface area contributed by atoms with E-state index in [1.54, 1.807) is 18.4 Å². The summed E-state index contributed by atoms with van der Waals surface area (Å²) in [4.78, 5) is 20.4. The Hall–Kier alpha value is -2.86. The fourth-order valence-electron chi connectivity index (χ4n) is 3.17. The van der Waals surface area contributed by atoms with E-state index in [9.17, 15) is 4.79 Å². The molecule has 0 saturated heterocycles. The molecule has 27 heavy (non-hydrogen) atoms. The summed E-state index contributed by atoms with van der Waals surface area (Å²) >= 11 is 1.65. The van der Waals surface area contributed by atoms with Gasteiger partial charge in [-0.05, 0) is 36.8 Å². The van der Waals surface area contributed by atoms with E-state index in [-0.39, 0.29) is 6.03 Å². The highest BCUT2D eigenvalue weighted by Crippen LogP contribution is 2.33. The van der Waals surface area contributed by atoms with Crippen molar-refractivity contribution in [1.29, 1.82) is 0 Å². The van der Waals surface area contributed by atoms with Crippen LogP contribution in [0.3, 0.4) is 0 Å². The summed E-state index contributed by atoms with van der Waals surface area (Å²) in [6, 6.07) is 15.7. The van der Waals surface area contributed by atoms with Crippen molar-refractivity contribution in [2.45, 2.75) is 19.9 Å². The van der Waals surface area contributed by atoms with Crippen LogP contribution in [0.2, 0.25) is 0 Å². The Morgan fingerprint density at radius 3 is 2.89 bits per heavy atom. The molecule has 0 atom stereocenters. The predicted octanol–water partition coefficient (Wildman–Crippen LogP) is 4.72. The van der Waals surface area contributed by atoms with E-state index >= 15 is 0 Å². The molecule has 5 nitrogen and oxygen atoms in total. The van der Waals surface area contributed by atoms with E-state index in [0.717, 1.165) is 44.6 Å². The quantitative estimate of drug-likeness (QED) is 0.716. The number of fused-ring (bicyclic) bond motifs is 1. The molecule has 0 spiro atoms. The molecule has 1 N–H and O–H groups in total. The van der Waals surface area contributed by atoms with Gasteiger partial charge in [0.25, 0.3) is 0 Å². The molecular formula is C21H21N3O2S. The smallest absolute Gasteiger partial charge is 0.322 e. The minimum Gasteiger partial charge on any atom is -0.497 e. The van der Waals surface area contributed by atoms with Gasteiger partial charge < -0.3 is 15.0 Å². The van der Waals surface area contributed by atoms with Crippen molar-refractivity contribution < 1.29 is 9.53 Å². The number of carbonyl (C=O) groups excluding carboxylic acids is 1. The highest BCUT2D eigenvalue weighted by atomic mass is 32.1. The first-order valence-corrected chi connectivity index (χ1v) is 9.69. The molecule has 0 aliphatic carbocycles. The van der Waals surface area contributed by atoms with Crippen LogP contribution in [-0.4, -0.2) is 29.6 Å². The molecule has 1 aliphatic heterocycles. The Morgan fingerprint density at radius 1 is 1.22 bits per heavy atom. The van der Waals surface area contributed by atoms with Crippen molar-refractivity contribution in [3.63, 3.8) is 0 Å². The fourth-order valence-corrected chi connectivity index (χ4v) is 4.29. The number of nitrogens with zero attached hydrogens (tertiary/aromatic N) is 2. The van der Waals surface area contributed by atoms with E-state index in [2.05, 4.69) is 5.32 Å². The van der Waals surface area contributed by atoms with Gasteiger partial charge in [0.1, 0.15) is 10.8 Å². The number of thiazole rings is 1. The lowest BCUT2D eigenvalue weighted by molar-refractivity contribution is 0.207. The molecule has 3 aromatic rings. The van der Waals surface area contributed by atoms with Gasteiger partial charge in [0.2, 0.25) is 0 Å². The highest BCUT2D eigenvalue weighted by Gasteiger charge is 2.24. The van der Waals surface area contributed by atoms with Gasteiger partial charge in [-0.1, -0.05) is 24.3 Å². The first-order chi connectivity index (χ1) is 13.1. The summed E-state index contributed by atoms with van der Waals surface area (Å²) in [6.07, 6.45) is 0.775. The summed E-state index contributed by atoms with van der Waals surface area (Å²) in [5.74, 6) is 0.819. The average Bonchev–Trinajstić information content (AvgIpc) is 3.11. The third-order valence-corrected chi connectivity index (χ3v) is 5.74. The number of rotatable bonds is 3. The van der Waals surface area contributed by atoms with Crippen LogP contribution in [-0.2, 0) is 13.0 Å². The number of carbonyl (C=O) groups is 1. The Morgan fingerprint density at radius 2 is 2.07 bits per heavy atom. The molecule has 2 heterocycles. The zero-order valence-corrected chi connectivity index (χ0v) is 16.2. The Bertz CT molecular complexity index is 983. The van der Waals surface area contributed by atoms with Gasteiger partial charge in [-0.2, -0.15) is 0 Å². The number of hydrogen-bond donors (Lipinski definition) is 1. The molecular weight excluding hydrogens is 358 g/mol. The number of anilines is 1. The number of nitrogens with one attached hydrogen (secondary N) is 1. The van der Waals surface area contributed by atoms with Gasteiger partial charge in [0, 0.05) is 29.1 Å². The van der Waals surface area contributed by atoms with Crippen molar-refractivity contribution in [2.24, 2.45) is 0 Å². The maximum Gasteiger partial charge on any atom is 0.322 e. The molecule has 0 radical (unpaired) electrons. The summed E-state index contributed by atoms with van der Waals surface area (Å²) in [5, 5.41) is 3.96. The van der Waals surface area contributed by atoms with Crippen molar-refractivity contribution in [2.75, 3.05) is 19.0 Å². The number of aryl methyl sites for hydroxylation is 1. The SMILES string of the molecule is COc1cccc(-c2nc3c(s2)CN(C(=O)Nc2cccc(C)c2)CC3)c1. The van der Waals surface area contributed by atoms with Crippen LogP contribution < -0.4 is 10.1 Å². The Labute approximate surface area is 162 Å². The molecule has 138 valence electrons. The van der Waals surface area contributed by atoms with Crippen LogP contribution in [0.25, 0.3) is 10.6 Å². The van der Waals surface area contributed by atoms with Gasteiger partial charge >= 0.3 is 6.03 Å². The molecule has 2 aromatic carbocycles. The Balaban J connectivity index is 1.50. The van der Waals surface area contributed by atoms with Gasteiger partial charge in [-0.25, -0.2) is 9.78 Å². The molecule has 0 bridgehead atoms. The van der Waals surface area contributed by atoms with Crippen molar-refractivity contribution in [3.8, 4) is 16.3 Å². The maximum atomic E-state index is 12.6. The van der Waals surface area contributed by atoms with Crippen LogP contribution in [0, 0.1) is 6.92 Å². The topological polar surface area (TPSA) is 54.5 Å². The third-order valence-electron chi connectivity index (χ3n) is 4.60. The summed E-state index contributed by atoms with van der Waals surface area (Å²) in [6.45, 7) is 3.28. The fraction of sp³-hybridized carbons (Fsp3) is 0.238. The minimum atomic E-state index is -0.0671. The number of aromatic nitrogens is 1. The lowest BCUT2D eigenvalue weighted by Crippen LogP contribution is -2.38. The van der Waals surface area contributed by atoms with Gasteiger partial charge in [-0.3, -0.25) is 0 Å². The predicted molar refractivity (Wildman–Crippen MR) is 108 cm³/mol. The number of urea groups is 1. The minimum absolute atomic E-state index is 0.0671. The highest BCUT2D eigenvalue weighted by molar-refractivity contribution is 7.15. The standard InChI is InChI=1S/C21H21N3O2S/c1-14-5-3-7-16(11-14)22-21(25)24-10-9-18-19(13-24)27-20(23-18)15-6-4-8-17(12-15)26-2/h3-8,11-12H,9-10,13H2,1-2H3,(H,22,25). The molecule has 0 unspecified atom stereocenters. The summed E-state index contributed by atoms with van der Waals surface area (Å²) in [7, 11) is 1.66. The van der Waals surface area contributed by atoms with Crippen molar-refractivity contribution >= 4 is 23.1 Å². The largest absolute Gasteiger partial charge is 0.497 e. The van der Waals surface area contributed by atoms with Crippen LogP contribution in [0.15, 0.2) is 48.5 Å². The van der Waals surface area contributed by atoms with Gasteiger partial charge in [0.15, 0.2) is 0 Å². The zero-order valence-electron chi connectivity index (χ0n) is 15.4. The van der Waals surface area contributed by atoms with Crippen molar-refractivity contribution in [1.82, 2.24) is 9.88 Å². The Kier molecular flexibility index (Phi) is 4.81. The van der Waals surface area contributed by atoms with Crippen LogP contribution in [0.5, 0.6) is 5.75 Å². The number of ether oxygens (including phenoxy) is 1. The van der Waals surface area contributed by atoms with E-state index in [1.807, 2.05) is 60.4 Å². The summed E-state index contributed by atoms with van der Waals surface area (Å²) in [5.41, 5.74) is 4.09. The van der Waals surface area contributed by atoms with Gasteiger partial charge in [-0.15, -0.1) is 11.3 Å². The number of hydrogen-bond acceptors (Lipinski definition) is 4. The second kappa shape index (κ2) is 7.40. The van der Waals surface area contributed by atoms with Crippen LogP contribution in [0.1, 0.15) is 16.1 Å². The second-order valence-electron chi connectivity index (χ2n) is 6.59. The van der Waals surface area contributed by atoms with E-state index in [1.165, 1.54) is 0 Å². The first-order valence-electron chi connectivity index (χ1n) is 8.88. The lowest BCUT2D eigenvalue weighted by Gasteiger charge is -2.26. The normalized spacial score (nSPS) is 13.2. The summed E-state index contributed by atoms with van der Waals surface area (Å²) < 4.78 is 5.31. The van der Waals surface area contributed by atoms with Gasteiger partial charge in [0.05, 0.1) is 19.3 Å². The van der Waals surface area contributed by atoms with Crippen molar-refractivity contribution in [3.05, 3.63) is 64.7 Å². The van der Waals surface area contributed by atoms with Crippen LogP contribution >= 0.6 is 11.3 Å². The zero-order chi connectivity index (χ0) is 18.8. The van der Waals surface area contributed by atoms with E-state index < -0.39 is 0 Å². The first kappa shape index (κ1) is 17.5. The average molecular weight is 379 g/mol. The number of benzene rings is 2. The lowest BCUT2D eigenvalue weighted by atomic mass is 10.2. The maximum absolute atomic E-state index is 12.6. The molecule has 2 amide bonds. The number of amides is 2.